The van der Waals surface area contributed by atoms with Gasteiger partial charge in [0.25, 0.3) is 0 Å². The SMILES string of the molecule is COc1cc2c(cc1OC(C)C)C(c1ccc(Cl)cc1)N(c1ccc([C@@](C)(O)C3CN(CCC(F)(F)F)C3)cc1)C(=O)C2. The Labute approximate surface area is 255 Å². The number of carbonyl (C=O) groups is 1. The molecule has 0 radical (unpaired) electrons. The van der Waals surface area contributed by atoms with Crippen LogP contribution in [0.3, 0.4) is 0 Å². The van der Waals surface area contributed by atoms with Crippen molar-refractivity contribution >= 4 is 23.2 Å². The summed E-state index contributed by atoms with van der Waals surface area (Å²) in [6, 6.07) is 17.9. The van der Waals surface area contributed by atoms with Crippen molar-refractivity contribution in [3.8, 4) is 11.5 Å². The highest BCUT2D eigenvalue weighted by atomic mass is 35.5. The zero-order valence-electron chi connectivity index (χ0n) is 24.6. The molecular weight excluding hydrogens is 581 g/mol. The van der Waals surface area contributed by atoms with E-state index < -0.39 is 24.2 Å². The van der Waals surface area contributed by atoms with Gasteiger partial charge in [0, 0.05) is 36.3 Å². The summed E-state index contributed by atoms with van der Waals surface area (Å²) in [5.41, 5.74) is 2.67. The lowest BCUT2D eigenvalue weighted by molar-refractivity contribution is -0.147. The van der Waals surface area contributed by atoms with Crippen LogP contribution >= 0.6 is 11.6 Å². The molecule has 230 valence electrons. The van der Waals surface area contributed by atoms with Gasteiger partial charge in [0.05, 0.1) is 37.7 Å². The Balaban J connectivity index is 1.46. The summed E-state index contributed by atoms with van der Waals surface area (Å²) in [6.07, 6.45) is -4.99. The van der Waals surface area contributed by atoms with E-state index in [0.717, 1.165) is 16.7 Å². The van der Waals surface area contributed by atoms with Crippen LogP contribution in [0.25, 0.3) is 0 Å². The first-order valence-corrected chi connectivity index (χ1v) is 14.7. The van der Waals surface area contributed by atoms with Crippen LogP contribution in [0.4, 0.5) is 18.9 Å². The van der Waals surface area contributed by atoms with E-state index in [9.17, 15) is 23.1 Å². The van der Waals surface area contributed by atoms with Gasteiger partial charge in [-0.25, -0.2) is 0 Å². The highest BCUT2D eigenvalue weighted by Crippen LogP contribution is 2.44. The molecular formula is C33H36ClF3N2O4. The van der Waals surface area contributed by atoms with Gasteiger partial charge >= 0.3 is 6.18 Å². The number of ether oxygens (including phenoxy) is 2. The number of hydrogen-bond donors (Lipinski definition) is 1. The fourth-order valence-electron chi connectivity index (χ4n) is 5.92. The predicted octanol–water partition coefficient (Wildman–Crippen LogP) is 6.91. The van der Waals surface area contributed by atoms with Gasteiger partial charge in [0.2, 0.25) is 5.91 Å². The van der Waals surface area contributed by atoms with Crippen molar-refractivity contribution in [1.29, 1.82) is 0 Å². The molecule has 0 saturated carbocycles. The molecule has 0 bridgehead atoms. The first kappa shape index (κ1) is 31.2. The first-order chi connectivity index (χ1) is 20.3. The lowest BCUT2D eigenvalue weighted by atomic mass is 9.78. The Hall–Kier alpha value is -3.27. The van der Waals surface area contributed by atoms with E-state index in [1.165, 1.54) is 0 Å². The third-order valence-corrected chi connectivity index (χ3v) is 8.58. The smallest absolute Gasteiger partial charge is 0.390 e. The van der Waals surface area contributed by atoms with Crippen LogP contribution in [-0.4, -0.2) is 54.9 Å². The number of aliphatic hydroxyl groups is 1. The molecule has 43 heavy (non-hydrogen) atoms. The third-order valence-electron chi connectivity index (χ3n) is 8.33. The molecule has 5 rings (SSSR count). The third kappa shape index (κ3) is 6.64. The van der Waals surface area contributed by atoms with Crippen molar-refractivity contribution in [1.82, 2.24) is 4.90 Å². The topological polar surface area (TPSA) is 62.2 Å². The maximum absolute atomic E-state index is 13.8. The lowest BCUT2D eigenvalue weighted by Gasteiger charge is -2.47. The Bertz CT molecular complexity index is 1450. The zero-order valence-corrected chi connectivity index (χ0v) is 25.4. The zero-order chi connectivity index (χ0) is 31.1. The van der Waals surface area contributed by atoms with Gasteiger partial charge in [-0.3, -0.25) is 4.79 Å². The lowest BCUT2D eigenvalue weighted by Crippen LogP contribution is -2.55. The number of hydrogen-bond acceptors (Lipinski definition) is 5. The maximum atomic E-state index is 13.8. The Kier molecular flexibility index (Phi) is 8.71. The monoisotopic (exact) mass is 616 g/mol. The number of carbonyl (C=O) groups excluding carboxylic acids is 1. The molecule has 1 unspecified atom stereocenters. The summed E-state index contributed by atoms with van der Waals surface area (Å²) in [5.74, 6) is 0.834. The molecule has 1 N–H and O–H groups in total. The van der Waals surface area contributed by atoms with E-state index in [0.29, 0.717) is 40.9 Å². The number of nitrogens with zero attached hydrogens (tertiary/aromatic N) is 2. The normalized spacial score (nSPS) is 19.2. The summed E-state index contributed by atoms with van der Waals surface area (Å²) in [7, 11) is 1.57. The maximum Gasteiger partial charge on any atom is 0.390 e. The average Bonchev–Trinajstić information content (AvgIpc) is 2.91. The summed E-state index contributed by atoms with van der Waals surface area (Å²) >= 11 is 6.21. The molecule has 0 aliphatic carbocycles. The molecule has 6 nitrogen and oxygen atoms in total. The number of rotatable bonds is 9. The summed E-state index contributed by atoms with van der Waals surface area (Å²) < 4.78 is 49.5. The van der Waals surface area contributed by atoms with Gasteiger partial charge in [0.1, 0.15) is 0 Å². The number of benzene rings is 3. The number of amides is 1. The van der Waals surface area contributed by atoms with Crippen molar-refractivity contribution in [2.24, 2.45) is 5.92 Å². The molecule has 2 aliphatic heterocycles. The minimum absolute atomic E-state index is 0.0740. The van der Waals surface area contributed by atoms with Gasteiger partial charge in [-0.15, -0.1) is 0 Å². The fourth-order valence-corrected chi connectivity index (χ4v) is 6.04. The van der Waals surface area contributed by atoms with E-state index >= 15 is 0 Å². The first-order valence-electron chi connectivity index (χ1n) is 14.3. The van der Waals surface area contributed by atoms with Crippen LogP contribution < -0.4 is 14.4 Å². The molecule has 3 aromatic rings. The van der Waals surface area contributed by atoms with Crippen molar-refractivity contribution in [2.45, 2.75) is 57.5 Å². The van der Waals surface area contributed by atoms with Crippen molar-refractivity contribution in [3.05, 3.63) is 87.9 Å². The predicted molar refractivity (Wildman–Crippen MR) is 160 cm³/mol. The summed E-state index contributed by atoms with van der Waals surface area (Å²) in [4.78, 5) is 17.2. The van der Waals surface area contributed by atoms with Gasteiger partial charge in [0.15, 0.2) is 11.5 Å². The number of likely N-dealkylation sites (tertiary alicyclic amines) is 1. The number of methoxy groups -OCH3 is 1. The fraction of sp³-hybridized carbons (Fsp3) is 0.424. The van der Waals surface area contributed by atoms with E-state index in [4.69, 9.17) is 21.1 Å². The van der Waals surface area contributed by atoms with E-state index in [1.807, 2.05) is 50.2 Å². The standard InChI is InChI=1S/C33H36ClF3N2O4/c1-20(2)43-29-17-27-22(15-28(29)42-4)16-30(40)39(31(27)21-5-9-25(34)10-6-21)26-11-7-23(8-12-26)32(3,41)24-18-38(19-24)14-13-33(35,36)37/h5-12,15,17,20,24,31,41H,13-14,16,18-19H2,1-4H3/t31?,32-/m1/s1. The number of alkyl halides is 3. The number of halogens is 4. The van der Waals surface area contributed by atoms with Crippen LogP contribution in [0.1, 0.15) is 55.5 Å². The largest absolute Gasteiger partial charge is 0.493 e. The Morgan fingerprint density at radius 2 is 1.67 bits per heavy atom. The number of anilines is 1. The highest BCUT2D eigenvalue weighted by Gasteiger charge is 2.43. The second-order valence-electron chi connectivity index (χ2n) is 11.8. The van der Waals surface area contributed by atoms with Gasteiger partial charge < -0.3 is 24.4 Å². The van der Waals surface area contributed by atoms with Crippen LogP contribution in [0.5, 0.6) is 11.5 Å². The second-order valence-corrected chi connectivity index (χ2v) is 12.2. The van der Waals surface area contributed by atoms with Gasteiger partial charge in [-0.1, -0.05) is 35.9 Å². The van der Waals surface area contributed by atoms with E-state index in [1.54, 1.807) is 48.1 Å². The molecule has 1 amide bonds. The molecule has 3 aromatic carbocycles. The van der Waals surface area contributed by atoms with E-state index in [-0.39, 0.29) is 30.9 Å². The van der Waals surface area contributed by atoms with Crippen molar-refractivity contribution < 1.29 is 32.5 Å². The second kappa shape index (κ2) is 12.0. The molecule has 1 saturated heterocycles. The number of fused-ring (bicyclic) bond motifs is 1. The Morgan fingerprint density at radius 3 is 2.26 bits per heavy atom. The van der Waals surface area contributed by atoms with Crippen LogP contribution in [0.2, 0.25) is 5.02 Å². The van der Waals surface area contributed by atoms with Gasteiger partial charge in [-0.05, 0) is 79.4 Å². The van der Waals surface area contributed by atoms with Gasteiger partial charge in [-0.2, -0.15) is 13.2 Å². The summed E-state index contributed by atoms with van der Waals surface area (Å²) in [6.45, 7) is 6.26. The van der Waals surface area contributed by atoms with Crippen LogP contribution in [0, 0.1) is 5.92 Å². The Morgan fingerprint density at radius 1 is 1.02 bits per heavy atom. The average molecular weight is 617 g/mol. The van der Waals surface area contributed by atoms with Crippen LogP contribution in [0.15, 0.2) is 60.7 Å². The highest BCUT2D eigenvalue weighted by molar-refractivity contribution is 6.30. The molecule has 2 aliphatic rings. The minimum Gasteiger partial charge on any atom is -0.493 e. The molecule has 2 heterocycles. The molecule has 10 heteroatoms. The van der Waals surface area contributed by atoms with Crippen LogP contribution in [-0.2, 0) is 16.8 Å². The molecule has 0 aromatic heterocycles. The quantitative estimate of drug-likeness (QED) is 0.283. The summed E-state index contributed by atoms with van der Waals surface area (Å²) in [5, 5.41) is 12.0. The molecule has 1 fully saturated rings. The minimum atomic E-state index is -4.20. The van der Waals surface area contributed by atoms with Crippen molar-refractivity contribution in [2.75, 3.05) is 31.6 Å². The van der Waals surface area contributed by atoms with Crippen molar-refractivity contribution in [3.63, 3.8) is 0 Å². The molecule has 2 atom stereocenters. The molecule has 0 spiro atoms. The van der Waals surface area contributed by atoms with E-state index in [2.05, 4.69) is 0 Å².